The van der Waals surface area contributed by atoms with Crippen molar-refractivity contribution >= 4 is 0 Å². The molecule has 1 rings (SSSR count). The van der Waals surface area contributed by atoms with Crippen molar-refractivity contribution in [3.8, 4) is 0 Å². The fraction of sp³-hybridized carbons (Fsp3) is 0.636. The summed E-state index contributed by atoms with van der Waals surface area (Å²) in [4.78, 5) is 0. The molecule has 1 atom stereocenters. The number of hydrogen-bond donors (Lipinski definition) is 1. The summed E-state index contributed by atoms with van der Waals surface area (Å²) in [5.41, 5.74) is 1.17. The zero-order chi connectivity index (χ0) is 10.6. The lowest BCUT2D eigenvalue weighted by atomic mass is 10.1. The minimum Gasteiger partial charge on any atom is -0.466 e. The van der Waals surface area contributed by atoms with Gasteiger partial charge >= 0.3 is 0 Å². The van der Waals surface area contributed by atoms with E-state index in [9.17, 15) is 4.39 Å². The van der Waals surface area contributed by atoms with E-state index < -0.39 is 0 Å². The SMILES string of the molecule is Cc1cc(C(C)NCCCF)c(C)o1. The van der Waals surface area contributed by atoms with E-state index in [0.717, 1.165) is 11.5 Å². The summed E-state index contributed by atoms with van der Waals surface area (Å²) in [6, 6.07) is 2.27. The predicted molar refractivity (Wildman–Crippen MR) is 55.2 cm³/mol. The van der Waals surface area contributed by atoms with Crippen LogP contribution in [-0.2, 0) is 0 Å². The quantitative estimate of drug-likeness (QED) is 0.738. The first-order chi connectivity index (χ1) is 6.65. The highest BCUT2D eigenvalue weighted by molar-refractivity contribution is 5.23. The number of halogens is 1. The number of aryl methyl sites for hydroxylation is 2. The highest BCUT2D eigenvalue weighted by atomic mass is 19.1. The Morgan fingerprint density at radius 2 is 2.21 bits per heavy atom. The molecule has 0 radical (unpaired) electrons. The van der Waals surface area contributed by atoms with Crippen molar-refractivity contribution in [3.05, 3.63) is 23.2 Å². The molecule has 1 aromatic rings. The van der Waals surface area contributed by atoms with Crippen LogP contribution in [0.1, 0.15) is 36.5 Å². The van der Waals surface area contributed by atoms with Crippen molar-refractivity contribution in [3.63, 3.8) is 0 Å². The van der Waals surface area contributed by atoms with Crippen LogP contribution in [0.25, 0.3) is 0 Å². The minimum atomic E-state index is -0.261. The van der Waals surface area contributed by atoms with Gasteiger partial charge in [-0.05, 0) is 39.8 Å². The Balaban J connectivity index is 2.51. The molecule has 0 bridgehead atoms. The smallest absolute Gasteiger partial charge is 0.105 e. The molecule has 1 N–H and O–H groups in total. The first kappa shape index (κ1) is 11.2. The molecule has 80 valence electrons. The van der Waals surface area contributed by atoms with Crippen molar-refractivity contribution in [2.75, 3.05) is 13.2 Å². The fourth-order valence-electron chi connectivity index (χ4n) is 1.58. The number of hydrogen-bond acceptors (Lipinski definition) is 2. The molecule has 1 unspecified atom stereocenters. The average Bonchev–Trinajstić information content (AvgIpc) is 2.45. The molecule has 0 saturated carbocycles. The Morgan fingerprint density at radius 1 is 1.50 bits per heavy atom. The van der Waals surface area contributed by atoms with Crippen molar-refractivity contribution < 1.29 is 8.81 Å². The van der Waals surface area contributed by atoms with Gasteiger partial charge in [-0.3, -0.25) is 4.39 Å². The van der Waals surface area contributed by atoms with E-state index in [4.69, 9.17) is 4.42 Å². The molecule has 0 aliphatic heterocycles. The van der Waals surface area contributed by atoms with E-state index >= 15 is 0 Å². The van der Waals surface area contributed by atoms with Gasteiger partial charge < -0.3 is 9.73 Å². The van der Waals surface area contributed by atoms with Crippen LogP contribution in [0.4, 0.5) is 4.39 Å². The third-order valence-electron chi connectivity index (χ3n) is 2.31. The van der Waals surface area contributed by atoms with Gasteiger partial charge in [0.1, 0.15) is 11.5 Å². The van der Waals surface area contributed by atoms with Crippen molar-refractivity contribution in [2.45, 2.75) is 33.2 Å². The van der Waals surface area contributed by atoms with E-state index in [2.05, 4.69) is 12.2 Å². The number of rotatable bonds is 5. The van der Waals surface area contributed by atoms with Crippen LogP contribution in [0.3, 0.4) is 0 Å². The van der Waals surface area contributed by atoms with Crippen LogP contribution in [0.2, 0.25) is 0 Å². The second-order valence-corrected chi connectivity index (χ2v) is 3.59. The lowest BCUT2D eigenvalue weighted by Gasteiger charge is -2.11. The van der Waals surface area contributed by atoms with E-state index in [0.29, 0.717) is 13.0 Å². The van der Waals surface area contributed by atoms with Gasteiger partial charge in [0.25, 0.3) is 0 Å². The van der Waals surface area contributed by atoms with Gasteiger partial charge in [0, 0.05) is 11.6 Å². The van der Waals surface area contributed by atoms with Gasteiger partial charge in [0.2, 0.25) is 0 Å². The lowest BCUT2D eigenvalue weighted by Crippen LogP contribution is -2.20. The molecule has 3 heteroatoms. The molecular weight excluding hydrogens is 181 g/mol. The predicted octanol–water partition coefficient (Wildman–Crippen LogP) is 2.91. The molecule has 0 amide bonds. The van der Waals surface area contributed by atoms with E-state index in [-0.39, 0.29) is 12.7 Å². The molecule has 2 nitrogen and oxygen atoms in total. The molecular formula is C11H18FNO. The van der Waals surface area contributed by atoms with Crippen LogP contribution < -0.4 is 5.32 Å². The zero-order valence-corrected chi connectivity index (χ0v) is 9.06. The largest absolute Gasteiger partial charge is 0.466 e. The van der Waals surface area contributed by atoms with Crippen molar-refractivity contribution in [1.29, 1.82) is 0 Å². The maximum Gasteiger partial charge on any atom is 0.105 e. The van der Waals surface area contributed by atoms with Crippen LogP contribution >= 0.6 is 0 Å². The molecule has 0 aliphatic carbocycles. The lowest BCUT2D eigenvalue weighted by molar-refractivity contribution is 0.442. The topological polar surface area (TPSA) is 25.2 Å². The summed E-state index contributed by atoms with van der Waals surface area (Å²) in [5, 5.41) is 3.25. The summed E-state index contributed by atoms with van der Waals surface area (Å²) in [7, 11) is 0. The number of nitrogens with one attached hydrogen (secondary N) is 1. The highest BCUT2D eigenvalue weighted by Gasteiger charge is 2.11. The van der Waals surface area contributed by atoms with Crippen molar-refractivity contribution in [2.24, 2.45) is 0 Å². The molecule has 0 spiro atoms. The molecule has 1 heterocycles. The third-order valence-corrected chi connectivity index (χ3v) is 2.31. The summed E-state index contributed by atoms with van der Waals surface area (Å²) >= 11 is 0. The molecule has 14 heavy (non-hydrogen) atoms. The Morgan fingerprint density at radius 3 is 2.71 bits per heavy atom. The zero-order valence-electron chi connectivity index (χ0n) is 9.06. The molecule has 0 fully saturated rings. The van der Waals surface area contributed by atoms with Crippen LogP contribution in [-0.4, -0.2) is 13.2 Å². The minimum absolute atomic E-state index is 0.235. The first-order valence-corrected chi connectivity index (χ1v) is 5.01. The highest BCUT2D eigenvalue weighted by Crippen LogP contribution is 2.20. The average molecular weight is 199 g/mol. The molecule has 0 aliphatic rings. The third kappa shape index (κ3) is 2.84. The fourth-order valence-corrected chi connectivity index (χ4v) is 1.58. The second kappa shape index (κ2) is 5.15. The van der Waals surface area contributed by atoms with Gasteiger partial charge in [0.15, 0.2) is 0 Å². The Labute approximate surface area is 84.5 Å². The summed E-state index contributed by atoms with van der Waals surface area (Å²) in [5.74, 6) is 1.87. The number of furan rings is 1. The standard InChI is InChI=1S/C11H18FNO/c1-8-7-11(10(3)14-8)9(2)13-6-4-5-12/h7,9,13H,4-6H2,1-3H3. The van der Waals surface area contributed by atoms with E-state index in [1.165, 1.54) is 5.56 Å². The van der Waals surface area contributed by atoms with E-state index in [1.807, 2.05) is 19.9 Å². The molecule has 1 aromatic heterocycles. The van der Waals surface area contributed by atoms with Crippen LogP contribution in [0.5, 0.6) is 0 Å². The van der Waals surface area contributed by atoms with Crippen LogP contribution in [0.15, 0.2) is 10.5 Å². The van der Waals surface area contributed by atoms with E-state index in [1.54, 1.807) is 0 Å². The monoisotopic (exact) mass is 199 g/mol. The first-order valence-electron chi connectivity index (χ1n) is 5.01. The summed E-state index contributed by atoms with van der Waals surface area (Å²) < 4.78 is 17.3. The van der Waals surface area contributed by atoms with Gasteiger partial charge in [-0.1, -0.05) is 0 Å². The van der Waals surface area contributed by atoms with Gasteiger partial charge in [0.05, 0.1) is 6.67 Å². The Kier molecular flexibility index (Phi) is 4.14. The maximum absolute atomic E-state index is 11.9. The Hall–Kier alpha value is -0.830. The normalized spacial score (nSPS) is 13.1. The summed E-state index contributed by atoms with van der Waals surface area (Å²) in [6.45, 7) is 6.40. The van der Waals surface area contributed by atoms with Gasteiger partial charge in [-0.15, -0.1) is 0 Å². The van der Waals surface area contributed by atoms with Crippen LogP contribution in [0, 0.1) is 13.8 Å². The maximum atomic E-state index is 11.9. The van der Waals surface area contributed by atoms with Crippen molar-refractivity contribution in [1.82, 2.24) is 5.32 Å². The van der Waals surface area contributed by atoms with Gasteiger partial charge in [-0.25, -0.2) is 0 Å². The van der Waals surface area contributed by atoms with Gasteiger partial charge in [-0.2, -0.15) is 0 Å². The Bertz CT molecular complexity index is 283. The summed E-state index contributed by atoms with van der Waals surface area (Å²) in [6.07, 6.45) is 0.570. The molecule has 0 saturated heterocycles. The second-order valence-electron chi connectivity index (χ2n) is 3.59. The number of alkyl halides is 1. The molecule has 0 aromatic carbocycles.